The average Bonchev–Trinajstić information content (AvgIpc) is 2.82. The molecule has 2 saturated heterocycles. The molecule has 1 N–H and O–H groups in total. The minimum absolute atomic E-state index is 0.0468. The molecule has 2 fully saturated rings. The fourth-order valence-corrected chi connectivity index (χ4v) is 2.56. The molecular weight excluding hydrogens is 230 g/mol. The van der Waals surface area contributed by atoms with Gasteiger partial charge in [0.1, 0.15) is 6.23 Å². The van der Waals surface area contributed by atoms with E-state index < -0.39 is 0 Å². The van der Waals surface area contributed by atoms with Crippen molar-refractivity contribution >= 4 is 5.91 Å². The Morgan fingerprint density at radius 2 is 2.06 bits per heavy atom. The Hall–Kier alpha value is -0.650. The summed E-state index contributed by atoms with van der Waals surface area (Å²) in [6, 6.07) is 0.605. The van der Waals surface area contributed by atoms with Crippen LogP contribution in [0.25, 0.3) is 0 Å². The SMILES string of the molecule is CC(C)N1CCN(CC(=O)NC2CCCO2)CC1. The summed E-state index contributed by atoms with van der Waals surface area (Å²) in [5.74, 6) is 0.0971. The minimum Gasteiger partial charge on any atom is -0.359 e. The predicted octanol–water partition coefficient (Wildman–Crippen LogP) is 0.265. The third-order valence-corrected chi connectivity index (χ3v) is 3.76. The Labute approximate surface area is 109 Å². The summed E-state index contributed by atoms with van der Waals surface area (Å²) in [7, 11) is 0. The van der Waals surface area contributed by atoms with Crippen molar-refractivity contribution in [1.29, 1.82) is 0 Å². The zero-order valence-corrected chi connectivity index (χ0v) is 11.5. The Morgan fingerprint density at radius 1 is 1.33 bits per heavy atom. The maximum atomic E-state index is 11.8. The molecule has 1 amide bonds. The van der Waals surface area contributed by atoms with Gasteiger partial charge in [-0.25, -0.2) is 0 Å². The Bertz CT molecular complexity index is 269. The Kier molecular flexibility index (Phi) is 4.97. The van der Waals surface area contributed by atoms with Crippen LogP contribution in [-0.4, -0.2) is 67.3 Å². The molecule has 0 aromatic heterocycles. The highest BCUT2D eigenvalue weighted by atomic mass is 16.5. The van der Waals surface area contributed by atoms with Gasteiger partial charge in [-0.05, 0) is 26.7 Å². The van der Waals surface area contributed by atoms with Gasteiger partial charge in [0, 0.05) is 38.8 Å². The first-order valence-corrected chi connectivity index (χ1v) is 7.02. The summed E-state index contributed by atoms with van der Waals surface area (Å²) in [5, 5.41) is 2.94. The van der Waals surface area contributed by atoms with E-state index in [-0.39, 0.29) is 12.1 Å². The van der Waals surface area contributed by atoms with E-state index in [1.807, 2.05) is 0 Å². The van der Waals surface area contributed by atoms with Crippen molar-refractivity contribution in [2.45, 2.75) is 39.0 Å². The molecule has 0 aromatic rings. The molecule has 0 aliphatic carbocycles. The van der Waals surface area contributed by atoms with Gasteiger partial charge in [0.25, 0.3) is 0 Å². The van der Waals surface area contributed by atoms with Crippen molar-refractivity contribution in [3.63, 3.8) is 0 Å². The van der Waals surface area contributed by atoms with Gasteiger partial charge < -0.3 is 10.1 Å². The summed E-state index contributed by atoms with van der Waals surface area (Å²) >= 11 is 0. The van der Waals surface area contributed by atoms with Crippen molar-refractivity contribution in [2.75, 3.05) is 39.3 Å². The van der Waals surface area contributed by atoms with Gasteiger partial charge >= 0.3 is 0 Å². The standard InChI is InChI=1S/C13H25N3O2/c1-11(2)16-7-5-15(6-8-16)10-12(17)14-13-4-3-9-18-13/h11,13H,3-10H2,1-2H3,(H,14,17). The zero-order valence-electron chi connectivity index (χ0n) is 11.5. The quantitative estimate of drug-likeness (QED) is 0.783. The molecule has 5 heteroatoms. The summed E-state index contributed by atoms with van der Waals surface area (Å²) in [6.45, 7) is 9.81. The molecule has 2 aliphatic heterocycles. The van der Waals surface area contributed by atoms with Crippen LogP contribution >= 0.6 is 0 Å². The highest BCUT2D eigenvalue weighted by molar-refractivity contribution is 5.78. The molecule has 0 bridgehead atoms. The zero-order chi connectivity index (χ0) is 13.0. The summed E-state index contributed by atoms with van der Waals surface area (Å²) in [5.41, 5.74) is 0. The van der Waals surface area contributed by atoms with Crippen molar-refractivity contribution < 1.29 is 9.53 Å². The van der Waals surface area contributed by atoms with Gasteiger partial charge in [0.05, 0.1) is 6.54 Å². The second kappa shape index (κ2) is 6.50. The van der Waals surface area contributed by atoms with Crippen LogP contribution in [0.5, 0.6) is 0 Å². The minimum atomic E-state index is -0.0468. The van der Waals surface area contributed by atoms with Crippen LogP contribution in [-0.2, 0) is 9.53 Å². The number of amides is 1. The number of carbonyl (C=O) groups excluding carboxylic acids is 1. The number of ether oxygens (including phenoxy) is 1. The molecule has 18 heavy (non-hydrogen) atoms. The number of nitrogens with zero attached hydrogens (tertiary/aromatic N) is 2. The van der Waals surface area contributed by atoms with E-state index in [0.717, 1.165) is 45.6 Å². The van der Waals surface area contributed by atoms with Gasteiger partial charge in [0.15, 0.2) is 0 Å². The van der Waals surface area contributed by atoms with Crippen molar-refractivity contribution in [3.8, 4) is 0 Å². The predicted molar refractivity (Wildman–Crippen MR) is 70.3 cm³/mol. The number of hydrogen-bond acceptors (Lipinski definition) is 4. The van der Waals surface area contributed by atoms with Crippen LogP contribution in [0.15, 0.2) is 0 Å². The van der Waals surface area contributed by atoms with Crippen molar-refractivity contribution in [1.82, 2.24) is 15.1 Å². The van der Waals surface area contributed by atoms with E-state index in [1.54, 1.807) is 0 Å². The molecule has 1 unspecified atom stereocenters. The second-order valence-electron chi connectivity index (χ2n) is 5.48. The first-order valence-electron chi connectivity index (χ1n) is 7.02. The maximum absolute atomic E-state index is 11.8. The van der Waals surface area contributed by atoms with E-state index in [9.17, 15) is 4.79 Å². The number of carbonyl (C=O) groups is 1. The van der Waals surface area contributed by atoms with Gasteiger partial charge in [-0.1, -0.05) is 0 Å². The van der Waals surface area contributed by atoms with Gasteiger partial charge in [-0.3, -0.25) is 14.6 Å². The fourth-order valence-electron chi connectivity index (χ4n) is 2.56. The molecule has 0 saturated carbocycles. The van der Waals surface area contributed by atoms with Crippen LogP contribution in [0.1, 0.15) is 26.7 Å². The molecule has 0 radical (unpaired) electrons. The van der Waals surface area contributed by atoms with Crippen LogP contribution in [0.3, 0.4) is 0 Å². The number of rotatable bonds is 4. The lowest BCUT2D eigenvalue weighted by Crippen LogP contribution is -2.51. The summed E-state index contributed by atoms with van der Waals surface area (Å²) in [6.07, 6.45) is 1.96. The second-order valence-corrected chi connectivity index (χ2v) is 5.48. The van der Waals surface area contributed by atoms with Crippen LogP contribution < -0.4 is 5.32 Å². The van der Waals surface area contributed by atoms with E-state index >= 15 is 0 Å². The van der Waals surface area contributed by atoms with E-state index in [2.05, 4.69) is 29.0 Å². The van der Waals surface area contributed by atoms with Crippen LogP contribution in [0, 0.1) is 0 Å². The van der Waals surface area contributed by atoms with Crippen LogP contribution in [0.2, 0.25) is 0 Å². The third-order valence-electron chi connectivity index (χ3n) is 3.76. The molecule has 5 nitrogen and oxygen atoms in total. The van der Waals surface area contributed by atoms with Gasteiger partial charge in [-0.15, -0.1) is 0 Å². The monoisotopic (exact) mass is 255 g/mol. The number of piperazine rings is 1. The highest BCUT2D eigenvalue weighted by Crippen LogP contribution is 2.09. The van der Waals surface area contributed by atoms with Gasteiger partial charge in [0.2, 0.25) is 5.91 Å². The largest absolute Gasteiger partial charge is 0.359 e. The Morgan fingerprint density at radius 3 is 2.61 bits per heavy atom. The normalized spacial score (nSPS) is 26.7. The lowest BCUT2D eigenvalue weighted by Gasteiger charge is -2.36. The summed E-state index contributed by atoms with van der Waals surface area (Å²) in [4.78, 5) is 16.5. The smallest absolute Gasteiger partial charge is 0.236 e. The number of hydrogen-bond donors (Lipinski definition) is 1. The van der Waals surface area contributed by atoms with Crippen LogP contribution in [0.4, 0.5) is 0 Å². The molecule has 2 aliphatic rings. The molecule has 2 rings (SSSR count). The highest BCUT2D eigenvalue weighted by Gasteiger charge is 2.22. The van der Waals surface area contributed by atoms with Crippen molar-refractivity contribution in [3.05, 3.63) is 0 Å². The van der Waals surface area contributed by atoms with Gasteiger partial charge in [-0.2, -0.15) is 0 Å². The first-order chi connectivity index (χ1) is 8.65. The number of nitrogens with one attached hydrogen (secondary N) is 1. The molecule has 0 aromatic carbocycles. The molecule has 2 heterocycles. The van der Waals surface area contributed by atoms with E-state index in [4.69, 9.17) is 4.74 Å². The summed E-state index contributed by atoms with van der Waals surface area (Å²) < 4.78 is 5.40. The molecule has 104 valence electrons. The average molecular weight is 255 g/mol. The first kappa shape index (κ1) is 13.8. The van der Waals surface area contributed by atoms with Crippen molar-refractivity contribution in [2.24, 2.45) is 0 Å². The third kappa shape index (κ3) is 3.93. The van der Waals surface area contributed by atoms with E-state index in [1.165, 1.54) is 0 Å². The molecule has 1 atom stereocenters. The maximum Gasteiger partial charge on any atom is 0.236 e. The van der Waals surface area contributed by atoms with E-state index in [0.29, 0.717) is 12.6 Å². The lowest BCUT2D eigenvalue weighted by molar-refractivity contribution is -0.126. The topological polar surface area (TPSA) is 44.8 Å². The Balaban J connectivity index is 1.66. The molecular formula is C13H25N3O2. The molecule has 0 spiro atoms. The lowest BCUT2D eigenvalue weighted by atomic mass is 10.2. The fraction of sp³-hybridized carbons (Fsp3) is 0.923.